The Morgan fingerprint density at radius 3 is 2.44 bits per heavy atom. The van der Waals surface area contributed by atoms with E-state index in [1.54, 1.807) is 16.2 Å². The Bertz CT molecular complexity index is 696. The van der Waals surface area contributed by atoms with E-state index >= 15 is 0 Å². The third-order valence-electron chi connectivity index (χ3n) is 3.98. The summed E-state index contributed by atoms with van der Waals surface area (Å²) < 4.78 is 0. The Kier molecular flexibility index (Phi) is 6.73. The van der Waals surface area contributed by atoms with Crippen LogP contribution in [0.5, 0.6) is 0 Å². The van der Waals surface area contributed by atoms with Crippen molar-refractivity contribution < 1.29 is 9.59 Å². The number of aryl methyl sites for hydroxylation is 1. The second kappa shape index (κ2) is 8.78. The molecule has 0 bridgehead atoms. The second-order valence-corrected chi connectivity index (χ2v) is 7.41. The van der Waals surface area contributed by atoms with E-state index in [-0.39, 0.29) is 24.3 Å². The molecule has 3 N–H and O–H groups in total. The van der Waals surface area contributed by atoms with E-state index in [4.69, 9.17) is 5.73 Å². The molecule has 1 atom stereocenters. The largest absolute Gasteiger partial charge is 0.346 e. The molecule has 2 rings (SSSR count). The maximum Gasteiger partial charge on any atom is 0.246 e. The molecule has 134 valence electrons. The van der Waals surface area contributed by atoms with E-state index in [1.807, 2.05) is 62.5 Å². The molecule has 1 aromatic heterocycles. The number of carbonyl (C=O) groups excluding carboxylic acids is 2. The SMILES string of the molecule is Cc1ccc(N(Cc2cccs2)C(=O)CNC(=O)[C@@H](N)C(C)C)cc1. The minimum Gasteiger partial charge on any atom is -0.346 e. The molecule has 0 aliphatic heterocycles. The third-order valence-corrected chi connectivity index (χ3v) is 4.84. The summed E-state index contributed by atoms with van der Waals surface area (Å²) in [6.07, 6.45) is 0. The summed E-state index contributed by atoms with van der Waals surface area (Å²) in [5.74, 6) is -0.445. The van der Waals surface area contributed by atoms with Crippen LogP contribution >= 0.6 is 11.3 Å². The zero-order valence-corrected chi connectivity index (χ0v) is 15.7. The first kappa shape index (κ1) is 19.1. The van der Waals surface area contributed by atoms with Gasteiger partial charge in [-0.25, -0.2) is 0 Å². The lowest BCUT2D eigenvalue weighted by Gasteiger charge is -2.23. The van der Waals surface area contributed by atoms with Gasteiger partial charge in [-0.05, 0) is 36.4 Å². The highest BCUT2D eigenvalue weighted by Crippen LogP contribution is 2.20. The standard InChI is InChI=1S/C19H25N3O2S/c1-13(2)18(20)19(24)21-11-17(23)22(12-16-5-4-10-25-16)15-8-6-14(3)7-9-15/h4-10,13,18H,11-12,20H2,1-3H3,(H,21,24)/t18-/m0/s1. The Hall–Kier alpha value is -2.18. The van der Waals surface area contributed by atoms with Gasteiger partial charge in [0.05, 0.1) is 19.1 Å². The van der Waals surface area contributed by atoms with Crippen molar-refractivity contribution in [1.29, 1.82) is 0 Å². The fraction of sp³-hybridized carbons (Fsp3) is 0.368. The lowest BCUT2D eigenvalue weighted by Crippen LogP contribution is -2.47. The van der Waals surface area contributed by atoms with E-state index in [0.717, 1.165) is 16.1 Å². The van der Waals surface area contributed by atoms with Crippen molar-refractivity contribution in [1.82, 2.24) is 5.32 Å². The van der Waals surface area contributed by atoms with E-state index in [0.29, 0.717) is 6.54 Å². The minimum atomic E-state index is -0.613. The average Bonchev–Trinajstić information content (AvgIpc) is 3.10. The molecule has 2 amide bonds. The van der Waals surface area contributed by atoms with Gasteiger partial charge in [0.15, 0.2) is 0 Å². The van der Waals surface area contributed by atoms with Crippen LogP contribution in [0.15, 0.2) is 41.8 Å². The monoisotopic (exact) mass is 359 g/mol. The Balaban J connectivity index is 2.10. The van der Waals surface area contributed by atoms with E-state index < -0.39 is 6.04 Å². The molecule has 0 aliphatic rings. The van der Waals surface area contributed by atoms with Crippen LogP contribution in [0.3, 0.4) is 0 Å². The molecule has 1 aromatic carbocycles. The smallest absolute Gasteiger partial charge is 0.246 e. The number of amides is 2. The van der Waals surface area contributed by atoms with Gasteiger partial charge < -0.3 is 16.0 Å². The van der Waals surface area contributed by atoms with Crippen molar-refractivity contribution in [3.63, 3.8) is 0 Å². The molecule has 5 nitrogen and oxygen atoms in total. The highest BCUT2D eigenvalue weighted by molar-refractivity contribution is 7.09. The Labute approximate surface area is 152 Å². The third kappa shape index (κ3) is 5.41. The predicted molar refractivity (Wildman–Crippen MR) is 103 cm³/mol. The molecule has 0 fully saturated rings. The number of thiophene rings is 1. The zero-order valence-electron chi connectivity index (χ0n) is 14.9. The molecule has 0 saturated carbocycles. The van der Waals surface area contributed by atoms with Gasteiger partial charge in [-0.15, -0.1) is 11.3 Å². The van der Waals surface area contributed by atoms with E-state index in [9.17, 15) is 9.59 Å². The Morgan fingerprint density at radius 1 is 1.20 bits per heavy atom. The Morgan fingerprint density at radius 2 is 1.88 bits per heavy atom. The molecule has 0 saturated heterocycles. The summed E-state index contributed by atoms with van der Waals surface area (Å²) in [7, 11) is 0. The van der Waals surface area contributed by atoms with Crippen LogP contribution in [0, 0.1) is 12.8 Å². The van der Waals surface area contributed by atoms with Gasteiger partial charge >= 0.3 is 0 Å². The van der Waals surface area contributed by atoms with E-state index in [1.165, 1.54) is 0 Å². The average molecular weight is 359 g/mol. The van der Waals surface area contributed by atoms with Crippen molar-refractivity contribution in [2.75, 3.05) is 11.4 Å². The van der Waals surface area contributed by atoms with Crippen molar-refractivity contribution in [3.05, 3.63) is 52.2 Å². The van der Waals surface area contributed by atoms with Crippen molar-refractivity contribution >= 4 is 28.8 Å². The predicted octanol–water partition coefficient (Wildman–Crippen LogP) is 2.69. The number of hydrogen-bond donors (Lipinski definition) is 2. The van der Waals surface area contributed by atoms with Crippen molar-refractivity contribution in [2.45, 2.75) is 33.4 Å². The maximum absolute atomic E-state index is 12.7. The first-order valence-electron chi connectivity index (χ1n) is 8.31. The number of anilines is 1. The molecule has 25 heavy (non-hydrogen) atoms. The quantitative estimate of drug-likeness (QED) is 0.798. The van der Waals surface area contributed by atoms with Crippen molar-refractivity contribution in [2.24, 2.45) is 11.7 Å². The first-order valence-corrected chi connectivity index (χ1v) is 9.19. The lowest BCUT2D eigenvalue weighted by atomic mass is 10.1. The molecule has 0 spiro atoms. The fourth-order valence-electron chi connectivity index (χ4n) is 2.29. The topological polar surface area (TPSA) is 75.4 Å². The van der Waals surface area contributed by atoms with Gasteiger partial charge in [0, 0.05) is 10.6 Å². The summed E-state index contributed by atoms with van der Waals surface area (Å²) in [6.45, 7) is 6.16. The van der Waals surface area contributed by atoms with Crippen LogP contribution in [-0.4, -0.2) is 24.4 Å². The molecular weight excluding hydrogens is 334 g/mol. The number of hydrogen-bond acceptors (Lipinski definition) is 4. The number of benzene rings is 1. The highest BCUT2D eigenvalue weighted by atomic mass is 32.1. The van der Waals surface area contributed by atoms with Crippen LogP contribution < -0.4 is 16.0 Å². The van der Waals surface area contributed by atoms with Crippen LogP contribution in [0.4, 0.5) is 5.69 Å². The number of rotatable bonds is 7. The van der Waals surface area contributed by atoms with Gasteiger partial charge in [0.2, 0.25) is 11.8 Å². The summed E-state index contributed by atoms with van der Waals surface area (Å²) in [6, 6.07) is 11.1. The number of carbonyl (C=O) groups is 2. The fourth-order valence-corrected chi connectivity index (χ4v) is 2.98. The molecule has 0 radical (unpaired) electrons. The minimum absolute atomic E-state index is 0.0226. The van der Waals surface area contributed by atoms with Crippen LogP contribution in [-0.2, 0) is 16.1 Å². The summed E-state index contributed by atoms with van der Waals surface area (Å²) in [5.41, 5.74) is 7.76. The molecule has 0 unspecified atom stereocenters. The maximum atomic E-state index is 12.7. The number of nitrogens with one attached hydrogen (secondary N) is 1. The molecule has 2 aromatic rings. The van der Waals surface area contributed by atoms with Gasteiger partial charge in [0.25, 0.3) is 0 Å². The van der Waals surface area contributed by atoms with Crippen LogP contribution in [0.25, 0.3) is 0 Å². The van der Waals surface area contributed by atoms with Crippen LogP contribution in [0.2, 0.25) is 0 Å². The van der Waals surface area contributed by atoms with Crippen molar-refractivity contribution in [3.8, 4) is 0 Å². The molecule has 1 heterocycles. The molecule has 0 aliphatic carbocycles. The van der Waals surface area contributed by atoms with Gasteiger partial charge in [-0.3, -0.25) is 9.59 Å². The number of nitrogens with zero attached hydrogens (tertiary/aromatic N) is 1. The van der Waals surface area contributed by atoms with Crippen LogP contribution in [0.1, 0.15) is 24.3 Å². The van der Waals surface area contributed by atoms with Gasteiger partial charge in [-0.1, -0.05) is 37.6 Å². The number of nitrogens with two attached hydrogens (primary N) is 1. The van der Waals surface area contributed by atoms with E-state index in [2.05, 4.69) is 5.32 Å². The normalized spacial score (nSPS) is 12.0. The van der Waals surface area contributed by atoms with Gasteiger partial charge in [0.1, 0.15) is 0 Å². The summed E-state index contributed by atoms with van der Waals surface area (Å²) in [4.78, 5) is 27.5. The molecule has 6 heteroatoms. The summed E-state index contributed by atoms with van der Waals surface area (Å²) in [5, 5.41) is 4.64. The highest BCUT2D eigenvalue weighted by Gasteiger charge is 2.21. The first-order chi connectivity index (χ1) is 11.9. The second-order valence-electron chi connectivity index (χ2n) is 6.38. The summed E-state index contributed by atoms with van der Waals surface area (Å²) >= 11 is 1.60. The lowest BCUT2D eigenvalue weighted by molar-refractivity contribution is -0.126. The zero-order chi connectivity index (χ0) is 18.4. The van der Waals surface area contributed by atoms with Gasteiger partial charge in [-0.2, -0.15) is 0 Å². The molecular formula is C19H25N3O2S.